The van der Waals surface area contributed by atoms with E-state index in [0.717, 1.165) is 31.9 Å². The van der Waals surface area contributed by atoms with Gasteiger partial charge in [0.15, 0.2) is 5.11 Å². The fourth-order valence-corrected chi connectivity index (χ4v) is 2.90. The third kappa shape index (κ3) is 5.18. The second-order valence-corrected chi connectivity index (χ2v) is 6.54. The maximum Gasteiger partial charge on any atom is 0.250 e. The Morgan fingerprint density at radius 1 is 1.15 bits per heavy atom. The lowest BCUT2D eigenvalue weighted by Gasteiger charge is -2.34. The molecule has 2 aromatic rings. The molecule has 3 rings (SSSR count). The molecule has 7 heteroatoms. The first kappa shape index (κ1) is 18.2. The number of amides is 1. The molecule has 26 heavy (non-hydrogen) atoms. The minimum atomic E-state index is -0.312. The van der Waals surface area contributed by atoms with Crippen LogP contribution in [0.4, 0.5) is 11.4 Å². The quantitative estimate of drug-likeness (QED) is 0.637. The Labute approximate surface area is 158 Å². The normalized spacial score (nSPS) is 15.2. The zero-order chi connectivity index (χ0) is 18.4. The summed E-state index contributed by atoms with van der Waals surface area (Å²) in [5, 5.41) is 5.89. The summed E-state index contributed by atoms with van der Waals surface area (Å²) < 4.78 is 5.13. The number of hydrogen-bond donors (Lipinski definition) is 2. The maximum absolute atomic E-state index is 11.8. The van der Waals surface area contributed by atoms with Crippen LogP contribution in [0.5, 0.6) is 0 Å². The van der Waals surface area contributed by atoms with Crippen LogP contribution in [0.1, 0.15) is 5.76 Å². The molecule has 0 saturated carbocycles. The molecule has 0 bridgehead atoms. The summed E-state index contributed by atoms with van der Waals surface area (Å²) in [4.78, 5) is 16.5. The summed E-state index contributed by atoms with van der Waals surface area (Å²) in [5.74, 6) is 0.298. The number of piperazine rings is 1. The second kappa shape index (κ2) is 8.64. The van der Waals surface area contributed by atoms with Crippen LogP contribution in [0, 0.1) is 0 Å². The summed E-state index contributed by atoms with van der Waals surface area (Å²) in [6, 6.07) is 11.6. The van der Waals surface area contributed by atoms with Crippen LogP contribution >= 0.6 is 12.2 Å². The van der Waals surface area contributed by atoms with Gasteiger partial charge in [-0.15, -0.1) is 0 Å². The zero-order valence-electron chi connectivity index (χ0n) is 14.6. The summed E-state index contributed by atoms with van der Waals surface area (Å²) in [7, 11) is 2.14. The largest absolute Gasteiger partial charge is 0.465 e. The average molecular weight is 370 g/mol. The van der Waals surface area contributed by atoms with Crippen molar-refractivity contribution in [2.45, 2.75) is 0 Å². The third-order valence-corrected chi connectivity index (χ3v) is 4.38. The van der Waals surface area contributed by atoms with E-state index in [1.54, 1.807) is 24.5 Å². The van der Waals surface area contributed by atoms with Crippen molar-refractivity contribution < 1.29 is 9.21 Å². The van der Waals surface area contributed by atoms with E-state index in [1.165, 1.54) is 11.8 Å². The van der Waals surface area contributed by atoms with Gasteiger partial charge in [0.2, 0.25) is 5.91 Å². The van der Waals surface area contributed by atoms with E-state index in [9.17, 15) is 4.79 Å². The molecule has 1 amide bonds. The molecular formula is C19H22N4O2S. The second-order valence-electron chi connectivity index (χ2n) is 6.13. The van der Waals surface area contributed by atoms with Gasteiger partial charge in [-0.2, -0.15) is 0 Å². The number of hydrogen-bond acceptors (Lipinski definition) is 5. The molecule has 0 atom stereocenters. The number of thiocarbonyl (C=S) groups is 1. The van der Waals surface area contributed by atoms with E-state index in [-0.39, 0.29) is 11.0 Å². The van der Waals surface area contributed by atoms with Gasteiger partial charge in [-0.25, -0.2) is 0 Å². The van der Waals surface area contributed by atoms with Crippen molar-refractivity contribution in [2.75, 3.05) is 43.4 Å². The minimum absolute atomic E-state index is 0.256. The Kier molecular flexibility index (Phi) is 6.04. The van der Waals surface area contributed by atoms with Gasteiger partial charge in [-0.05, 0) is 61.7 Å². The minimum Gasteiger partial charge on any atom is -0.465 e. The van der Waals surface area contributed by atoms with Gasteiger partial charge in [-0.3, -0.25) is 10.1 Å². The summed E-state index contributed by atoms with van der Waals surface area (Å²) >= 11 is 5.18. The lowest BCUT2D eigenvalue weighted by atomic mass is 10.2. The van der Waals surface area contributed by atoms with Crippen LogP contribution in [-0.2, 0) is 4.79 Å². The molecule has 2 N–H and O–H groups in total. The Balaban J connectivity index is 1.49. The molecule has 136 valence electrons. The maximum atomic E-state index is 11.8. The lowest BCUT2D eigenvalue weighted by molar-refractivity contribution is -0.115. The summed E-state index contributed by atoms with van der Waals surface area (Å²) in [6.45, 7) is 4.20. The lowest BCUT2D eigenvalue weighted by Crippen LogP contribution is -2.44. The predicted octanol–water partition coefficient (Wildman–Crippen LogP) is 2.56. The molecule has 1 aliphatic rings. The van der Waals surface area contributed by atoms with Gasteiger partial charge in [0.05, 0.1) is 6.26 Å². The number of carbonyl (C=O) groups excluding carboxylic acids is 1. The van der Waals surface area contributed by atoms with Crippen molar-refractivity contribution in [2.24, 2.45) is 0 Å². The molecule has 1 aromatic heterocycles. The molecule has 0 radical (unpaired) electrons. The Morgan fingerprint density at radius 3 is 2.54 bits per heavy atom. The van der Waals surface area contributed by atoms with Crippen molar-refractivity contribution in [1.29, 1.82) is 0 Å². The number of furan rings is 1. The van der Waals surface area contributed by atoms with Gasteiger partial charge in [0, 0.05) is 43.6 Å². The molecule has 1 aliphatic heterocycles. The van der Waals surface area contributed by atoms with Crippen molar-refractivity contribution in [3.05, 3.63) is 54.5 Å². The van der Waals surface area contributed by atoms with Crippen LogP contribution in [0.25, 0.3) is 6.08 Å². The Morgan fingerprint density at radius 2 is 1.88 bits per heavy atom. The highest BCUT2D eigenvalue weighted by Gasteiger charge is 2.14. The SMILES string of the molecule is CN1CCN(c2ccc(NC(=S)NC(=O)C=Cc3ccco3)cc2)CC1. The van der Waals surface area contributed by atoms with E-state index < -0.39 is 0 Å². The molecular weight excluding hydrogens is 348 g/mol. The number of benzene rings is 1. The Bertz CT molecular complexity index is 763. The highest BCUT2D eigenvalue weighted by molar-refractivity contribution is 7.80. The zero-order valence-corrected chi connectivity index (χ0v) is 15.5. The number of nitrogens with one attached hydrogen (secondary N) is 2. The van der Waals surface area contributed by atoms with Crippen LogP contribution in [0.15, 0.2) is 53.2 Å². The van der Waals surface area contributed by atoms with Crippen molar-refractivity contribution in [1.82, 2.24) is 10.2 Å². The Hall–Kier alpha value is -2.64. The van der Waals surface area contributed by atoms with E-state index in [1.807, 2.05) is 12.1 Å². The highest BCUT2D eigenvalue weighted by Crippen LogP contribution is 2.19. The number of likely N-dealkylation sites (N-methyl/N-ethyl adjacent to an activating group) is 1. The van der Waals surface area contributed by atoms with E-state index >= 15 is 0 Å². The van der Waals surface area contributed by atoms with Gasteiger partial charge < -0.3 is 19.5 Å². The van der Waals surface area contributed by atoms with Gasteiger partial charge in [-0.1, -0.05) is 0 Å². The van der Waals surface area contributed by atoms with E-state index in [4.69, 9.17) is 16.6 Å². The smallest absolute Gasteiger partial charge is 0.250 e. The molecule has 1 aromatic carbocycles. The highest BCUT2D eigenvalue weighted by atomic mass is 32.1. The topological polar surface area (TPSA) is 60.8 Å². The standard InChI is InChI=1S/C19H22N4O2S/c1-22-10-12-23(13-11-22)16-6-4-15(5-7-16)20-19(26)21-18(24)9-8-17-3-2-14-25-17/h2-9,14H,10-13H2,1H3,(H2,20,21,24,26). The van der Waals surface area contributed by atoms with Crippen LogP contribution in [0.2, 0.25) is 0 Å². The molecule has 6 nitrogen and oxygen atoms in total. The average Bonchev–Trinajstić information content (AvgIpc) is 3.15. The number of carbonyl (C=O) groups is 1. The van der Waals surface area contributed by atoms with Gasteiger partial charge in [0.25, 0.3) is 0 Å². The fourth-order valence-electron chi connectivity index (χ4n) is 2.68. The van der Waals surface area contributed by atoms with Crippen LogP contribution in [-0.4, -0.2) is 49.1 Å². The van der Waals surface area contributed by atoms with E-state index in [2.05, 4.69) is 39.6 Å². The first-order valence-electron chi connectivity index (χ1n) is 8.47. The summed E-state index contributed by atoms with van der Waals surface area (Å²) in [6.07, 6.45) is 4.52. The van der Waals surface area contributed by atoms with Gasteiger partial charge >= 0.3 is 0 Å². The van der Waals surface area contributed by atoms with Gasteiger partial charge in [0.1, 0.15) is 5.76 Å². The van der Waals surface area contributed by atoms with Crippen LogP contribution in [0.3, 0.4) is 0 Å². The molecule has 0 spiro atoms. The van der Waals surface area contributed by atoms with E-state index in [0.29, 0.717) is 5.76 Å². The number of anilines is 2. The monoisotopic (exact) mass is 370 g/mol. The molecule has 1 saturated heterocycles. The van der Waals surface area contributed by atoms with Crippen molar-refractivity contribution in [3.8, 4) is 0 Å². The van der Waals surface area contributed by atoms with Crippen molar-refractivity contribution in [3.63, 3.8) is 0 Å². The number of nitrogens with zero attached hydrogens (tertiary/aromatic N) is 2. The number of rotatable bonds is 4. The van der Waals surface area contributed by atoms with Crippen molar-refractivity contribution >= 4 is 40.7 Å². The first-order chi connectivity index (χ1) is 12.6. The predicted molar refractivity (Wildman–Crippen MR) is 108 cm³/mol. The summed E-state index contributed by atoms with van der Waals surface area (Å²) in [5.41, 5.74) is 2.03. The molecule has 0 aliphatic carbocycles. The fraction of sp³-hybridized carbons (Fsp3) is 0.263. The van der Waals surface area contributed by atoms with Crippen LogP contribution < -0.4 is 15.5 Å². The molecule has 0 unspecified atom stereocenters. The first-order valence-corrected chi connectivity index (χ1v) is 8.88. The third-order valence-electron chi connectivity index (χ3n) is 4.17. The molecule has 1 fully saturated rings. The molecule has 2 heterocycles.